The number of anilines is 1. The molecule has 2 aliphatic rings. The first-order valence-electron chi connectivity index (χ1n) is 9.86. The molecule has 1 fully saturated rings. The van der Waals surface area contributed by atoms with Gasteiger partial charge in [-0.2, -0.15) is 0 Å². The Labute approximate surface area is 167 Å². The Morgan fingerprint density at radius 3 is 3.00 bits per heavy atom. The molecule has 7 heteroatoms. The van der Waals surface area contributed by atoms with Gasteiger partial charge >= 0.3 is 0 Å². The van der Waals surface area contributed by atoms with Crippen molar-refractivity contribution in [1.82, 2.24) is 9.97 Å². The van der Waals surface area contributed by atoms with E-state index in [0.29, 0.717) is 18.1 Å². The first kappa shape index (κ1) is 17.8. The Hall–Kier alpha value is -2.25. The molecule has 1 unspecified atom stereocenters. The largest absolute Gasteiger partial charge is 0.441 e. The minimum Gasteiger partial charge on any atom is -0.441 e. The molecule has 146 valence electrons. The molecule has 2 aromatic heterocycles. The number of carbonyl (C=O) groups is 1. The van der Waals surface area contributed by atoms with Crippen LogP contribution in [0.15, 0.2) is 22.6 Å². The molecule has 0 spiro atoms. The molecule has 0 bridgehead atoms. The molecule has 1 atom stereocenters. The molecular formula is C21H23N3O3S. The maximum Gasteiger partial charge on any atom is 0.192 e. The van der Waals surface area contributed by atoms with Gasteiger partial charge in [0.25, 0.3) is 0 Å². The van der Waals surface area contributed by atoms with Gasteiger partial charge in [-0.05, 0) is 37.0 Å². The summed E-state index contributed by atoms with van der Waals surface area (Å²) in [6.07, 6.45) is 3.07. The lowest BCUT2D eigenvalue weighted by atomic mass is 9.85. The second-order valence-electron chi connectivity index (χ2n) is 7.58. The molecule has 28 heavy (non-hydrogen) atoms. The van der Waals surface area contributed by atoms with Gasteiger partial charge in [0.1, 0.15) is 11.3 Å². The molecule has 1 aliphatic heterocycles. The van der Waals surface area contributed by atoms with Crippen molar-refractivity contribution in [3.8, 4) is 0 Å². The summed E-state index contributed by atoms with van der Waals surface area (Å²) in [5.74, 6) is 1.05. The van der Waals surface area contributed by atoms with Gasteiger partial charge in [-0.3, -0.25) is 4.79 Å². The van der Waals surface area contributed by atoms with Gasteiger partial charge in [0, 0.05) is 37.2 Å². The highest BCUT2D eigenvalue weighted by molar-refractivity contribution is 7.15. The number of carbonyl (C=O) groups excluding carboxylic acids is 1. The molecule has 0 N–H and O–H groups in total. The van der Waals surface area contributed by atoms with Crippen LogP contribution in [0.5, 0.6) is 0 Å². The topological polar surface area (TPSA) is 68.5 Å². The summed E-state index contributed by atoms with van der Waals surface area (Å²) in [6, 6.07) is 5.86. The van der Waals surface area contributed by atoms with E-state index in [1.165, 1.54) is 10.6 Å². The van der Waals surface area contributed by atoms with Crippen LogP contribution < -0.4 is 4.90 Å². The fourth-order valence-corrected chi connectivity index (χ4v) is 5.31. The summed E-state index contributed by atoms with van der Waals surface area (Å²) in [4.78, 5) is 25.8. The van der Waals surface area contributed by atoms with Crippen molar-refractivity contribution in [3.63, 3.8) is 0 Å². The lowest BCUT2D eigenvalue weighted by Gasteiger charge is -2.26. The predicted molar refractivity (Wildman–Crippen MR) is 108 cm³/mol. The summed E-state index contributed by atoms with van der Waals surface area (Å²) in [5.41, 5.74) is 3.80. The number of nitrogens with zero attached hydrogens (tertiary/aromatic N) is 3. The number of hydrogen-bond acceptors (Lipinski definition) is 7. The number of aryl methyl sites for hydroxylation is 2. The van der Waals surface area contributed by atoms with Crippen molar-refractivity contribution >= 4 is 33.4 Å². The highest BCUT2D eigenvalue weighted by Crippen LogP contribution is 2.35. The first-order chi connectivity index (χ1) is 13.7. The van der Waals surface area contributed by atoms with E-state index in [2.05, 4.69) is 9.88 Å². The van der Waals surface area contributed by atoms with E-state index in [9.17, 15) is 4.79 Å². The van der Waals surface area contributed by atoms with Crippen LogP contribution in [-0.4, -0.2) is 42.1 Å². The van der Waals surface area contributed by atoms with Gasteiger partial charge in [-0.1, -0.05) is 6.07 Å². The van der Waals surface area contributed by atoms with E-state index in [-0.39, 0.29) is 5.92 Å². The highest BCUT2D eigenvalue weighted by atomic mass is 32.1. The smallest absolute Gasteiger partial charge is 0.192 e. The second kappa shape index (κ2) is 7.29. The maximum atomic E-state index is 12.9. The average molecular weight is 398 g/mol. The van der Waals surface area contributed by atoms with E-state index in [4.69, 9.17) is 14.1 Å². The molecule has 0 radical (unpaired) electrons. The fraction of sp³-hybridized carbons (Fsp3) is 0.476. The van der Waals surface area contributed by atoms with Gasteiger partial charge in [0.05, 0.1) is 18.9 Å². The summed E-state index contributed by atoms with van der Waals surface area (Å²) in [7, 11) is 0. The van der Waals surface area contributed by atoms with E-state index >= 15 is 0 Å². The van der Waals surface area contributed by atoms with Gasteiger partial charge in [0.15, 0.2) is 16.6 Å². The van der Waals surface area contributed by atoms with Crippen LogP contribution in [-0.2, 0) is 28.8 Å². The van der Waals surface area contributed by atoms with E-state index in [0.717, 1.165) is 67.4 Å². The number of hydrogen-bond donors (Lipinski definition) is 0. The highest BCUT2D eigenvalue weighted by Gasteiger charge is 2.28. The Balaban J connectivity index is 1.28. The molecule has 3 aromatic rings. The fourth-order valence-electron chi connectivity index (χ4n) is 4.07. The first-order valence-corrected chi connectivity index (χ1v) is 10.7. The van der Waals surface area contributed by atoms with Crippen molar-refractivity contribution in [1.29, 1.82) is 0 Å². The van der Waals surface area contributed by atoms with Crippen LogP contribution in [0, 0.1) is 12.8 Å². The number of fused-ring (bicyclic) bond motifs is 2. The molecule has 1 saturated heterocycles. The van der Waals surface area contributed by atoms with Crippen LogP contribution in [0.2, 0.25) is 0 Å². The monoisotopic (exact) mass is 397 g/mol. The van der Waals surface area contributed by atoms with E-state index in [1.54, 1.807) is 11.3 Å². The van der Waals surface area contributed by atoms with Crippen molar-refractivity contribution in [3.05, 3.63) is 40.2 Å². The van der Waals surface area contributed by atoms with Crippen LogP contribution in [0.1, 0.15) is 28.4 Å². The van der Waals surface area contributed by atoms with Gasteiger partial charge in [-0.15, -0.1) is 11.3 Å². The third-order valence-electron chi connectivity index (χ3n) is 5.60. The van der Waals surface area contributed by atoms with Crippen molar-refractivity contribution in [2.45, 2.75) is 32.6 Å². The zero-order chi connectivity index (χ0) is 19.1. The third kappa shape index (κ3) is 3.44. The normalized spacial score (nSPS) is 19.8. The minimum absolute atomic E-state index is 0.0835. The summed E-state index contributed by atoms with van der Waals surface area (Å²) in [6.45, 7) is 5.17. The quantitative estimate of drug-likeness (QED) is 0.673. The zero-order valence-corrected chi connectivity index (χ0v) is 16.8. The number of Topliss-reactive ketones (excluding diaryl/α,β-unsaturated/α-hetero) is 1. The predicted octanol–water partition coefficient (Wildman–Crippen LogP) is 3.35. The molecular weight excluding hydrogens is 374 g/mol. The van der Waals surface area contributed by atoms with Crippen LogP contribution in [0.4, 0.5) is 5.13 Å². The summed E-state index contributed by atoms with van der Waals surface area (Å²) in [5, 5.41) is 1.09. The summed E-state index contributed by atoms with van der Waals surface area (Å²) < 4.78 is 11.0. The molecule has 1 aliphatic carbocycles. The number of oxazole rings is 1. The Bertz CT molecular complexity index is 1020. The van der Waals surface area contributed by atoms with Crippen LogP contribution in [0.3, 0.4) is 0 Å². The lowest BCUT2D eigenvalue weighted by Crippen LogP contribution is -2.36. The molecule has 5 rings (SSSR count). The second-order valence-corrected chi connectivity index (χ2v) is 8.65. The standard InChI is InChI=1S/C21H23N3O3S/c1-13-22-17-10-14(2-5-19(17)27-13)11-18(25)15-3-4-16-20(12-15)28-21(23-16)24-6-8-26-9-7-24/h2,5,10,15H,3-4,6-9,11-12H2,1H3. The number of ketones is 1. The third-order valence-corrected chi connectivity index (χ3v) is 6.78. The van der Waals surface area contributed by atoms with Gasteiger partial charge < -0.3 is 14.1 Å². The van der Waals surface area contributed by atoms with Crippen LogP contribution >= 0.6 is 11.3 Å². The maximum absolute atomic E-state index is 12.9. The van der Waals surface area contributed by atoms with E-state index in [1.807, 2.05) is 25.1 Å². The number of morpholine rings is 1. The molecule has 6 nitrogen and oxygen atoms in total. The van der Waals surface area contributed by atoms with Crippen molar-refractivity contribution in [2.24, 2.45) is 5.92 Å². The molecule has 0 amide bonds. The molecule has 3 heterocycles. The summed E-state index contributed by atoms with van der Waals surface area (Å²) >= 11 is 1.76. The number of rotatable bonds is 4. The molecule has 0 saturated carbocycles. The van der Waals surface area contributed by atoms with Crippen molar-refractivity contribution < 1.29 is 13.9 Å². The minimum atomic E-state index is 0.0835. The Morgan fingerprint density at radius 1 is 1.29 bits per heavy atom. The number of thiazole rings is 1. The Kier molecular flexibility index (Phi) is 4.64. The lowest BCUT2D eigenvalue weighted by molar-refractivity contribution is -0.122. The molecule has 1 aromatic carbocycles. The zero-order valence-electron chi connectivity index (χ0n) is 15.9. The van der Waals surface area contributed by atoms with Gasteiger partial charge in [0.2, 0.25) is 0 Å². The number of aromatic nitrogens is 2. The van der Waals surface area contributed by atoms with Crippen LogP contribution in [0.25, 0.3) is 11.1 Å². The number of benzene rings is 1. The van der Waals surface area contributed by atoms with Crippen molar-refractivity contribution in [2.75, 3.05) is 31.2 Å². The van der Waals surface area contributed by atoms with Gasteiger partial charge in [-0.25, -0.2) is 9.97 Å². The Morgan fingerprint density at radius 2 is 2.14 bits per heavy atom. The average Bonchev–Trinajstić information content (AvgIpc) is 3.30. The number of ether oxygens (including phenoxy) is 1. The van der Waals surface area contributed by atoms with E-state index < -0.39 is 0 Å². The SMILES string of the molecule is Cc1nc2cc(CC(=O)C3CCc4nc(N5CCOCC5)sc4C3)ccc2o1.